The first-order chi connectivity index (χ1) is 12.0. The van der Waals surface area contributed by atoms with Gasteiger partial charge in [0.05, 0.1) is 19.3 Å². The van der Waals surface area contributed by atoms with Crippen LogP contribution in [0.4, 0.5) is 0 Å². The highest BCUT2D eigenvalue weighted by Crippen LogP contribution is 2.29. The number of ether oxygens (including phenoxy) is 3. The molecule has 0 radical (unpaired) electrons. The molecule has 0 spiro atoms. The van der Waals surface area contributed by atoms with Gasteiger partial charge in [-0.05, 0) is 36.8 Å². The molecule has 0 aliphatic carbocycles. The molecule has 2 aromatic carbocycles. The van der Waals surface area contributed by atoms with E-state index in [1.165, 1.54) is 31.4 Å². The van der Waals surface area contributed by atoms with Gasteiger partial charge in [0.1, 0.15) is 17.2 Å². The van der Waals surface area contributed by atoms with Crippen LogP contribution in [0.5, 0.6) is 28.7 Å². The Morgan fingerprint density at radius 3 is 2.52 bits per heavy atom. The number of aromatic hydroxyl groups is 2. The van der Waals surface area contributed by atoms with Gasteiger partial charge in [-0.15, -0.1) is 0 Å². The molecular formula is C18H18O7. The van der Waals surface area contributed by atoms with Crippen LogP contribution in [0.1, 0.15) is 23.2 Å². The number of aldehydes is 1. The molecule has 7 nitrogen and oxygen atoms in total. The zero-order valence-electron chi connectivity index (χ0n) is 13.6. The van der Waals surface area contributed by atoms with Crippen LogP contribution in [0.2, 0.25) is 0 Å². The number of esters is 1. The SMILES string of the molecule is COc1cc(OCCCC(=O)Oc2ccc(O)c(C=O)c2)ccc1O. The van der Waals surface area contributed by atoms with Crippen LogP contribution in [0, 0.1) is 0 Å². The first kappa shape index (κ1) is 18.1. The normalized spacial score (nSPS) is 10.1. The van der Waals surface area contributed by atoms with Gasteiger partial charge in [0.2, 0.25) is 0 Å². The van der Waals surface area contributed by atoms with Gasteiger partial charge in [0, 0.05) is 12.5 Å². The number of methoxy groups -OCH3 is 1. The molecule has 0 saturated carbocycles. The summed E-state index contributed by atoms with van der Waals surface area (Å²) < 4.78 is 15.6. The first-order valence-corrected chi connectivity index (χ1v) is 7.52. The minimum absolute atomic E-state index is 0.0158. The van der Waals surface area contributed by atoms with Crippen LogP contribution in [0.25, 0.3) is 0 Å². The summed E-state index contributed by atoms with van der Waals surface area (Å²) in [7, 11) is 1.44. The molecule has 2 aromatic rings. The maximum absolute atomic E-state index is 11.8. The second-order valence-corrected chi connectivity index (χ2v) is 5.10. The van der Waals surface area contributed by atoms with E-state index in [0.29, 0.717) is 24.2 Å². The van der Waals surface area contributed by atoms with E-state index >= 15 is 0 Å². The predicted octanol–water partition coefficient (Wildman–Crippen LogP) is 2.68. The van der Waals surface area contributed by atoms with E-state index in [1.807, 2.05) is 0 Å². The molecule has 7 heteroatoms. The average Bonchev–Trinajstić information content (AvgIpc) is 2.61. The van der Waals surface area contributed by atoms with Crippen molar-refractivity contribution < 1.29 is 34.0 Å². The fourth-order valence-electron chi connectivity index (χ4n) is 2.03. The molecule has 0 bridgehead atoms. The maximum Gasteiger partial charge on any atom is 0.311 e. The van der Waals surface area contributed by atoms with Crippen LogP contribution in [0.3, 0.4) is 0 Å². The zero-order valence-corrected chi connectivity index (χ0v) is 13.6. The number of carbonyl (C=O) groups excluding carboxylic acids is 2. The number of hydrogen-bond acceptors (Lipinski definition) is 7. The van der Waals surface area contributed by atoms with E-state index in [1.54, 1.807) is 12.1 Å². The van der Waals surface area contributed by atoms with Gasteiger partial charge in [0.15, 0.2) is 17.8 Å². The van der Waals surface area contributed by atoms with Gasteiger partial charge in [0.25, 0.3) is 0 Å². The van der Waals surface area contributed by atoms with E-state index in [4.69, 9.17) is 14.2 Å². The van der Waals surface area contributed by atoms with Crippen LogP contribution >= 0.6 is 0 Å². The largest absolute Gasteiger partial charge is 0.507 e. The molecule has 0 aliphatic heterocycles. The van der Waals surface area contributed by atoms with Crippen molar-refractivity contribution >= 4 is 12.3 Å². The average molecular weight is 346 g/mol. The summed E-state index contributed by atoms with van der Waals surface area (Å²) in [6.45, 7) is 0.276. The summed E-state index contributed by atoms with van der Waals surface area (Å²) in [5, 5.41) is 18.9. The van der Waals surface area contributed by atoms with Crippen molar-refractivity contribution in [2.24, 2.45) is 0 Å². The molecule has 0 heterocycles. The second kappa shape index (κ2) is 8.58. The van der Waals surface area contributed by atoms with E-state index in [0.717, 1.165) is 0 Å². The van der Waals surface area contributed by atoms with Crippen molar-refractivity contribution in [3.8, 4) is 28.7 Å². The van der Waals surface area contributed by atoms with Gasteiger partial charge < -0.3 is 24.4 Å². The minimum Gasteiger partial charge on any atom is -0.507 e. The highest BCUT2D eigenvalue weighted by Gasteiger charge is 2.08. The summed E-state index contributed by atoms with van der Waals surface area (Å²) in [5.74, 6) is 0.366. The molecule has 0 atom stereocenters. The fourth-order valence-corrected chi connectivity index (χ4v) is 2.03. The van der Waals surface area contributed by atoms with Crippen molar-refractivity contribution in [1.82, 2.24) is 0 Å². The Balaban J connectivity index is 1.78. The molecule has 0 aliphatic rings. The number of phenols is 2. The molecule has 2 rings (SSSR count). The third-order valence-electron chi connectivity index (χ3n) is 3.30. The van der Waals surface area contributed by atoms with E-state index in [-0.39, 0.29) is 35.8 Å². The lowest BCUT2D eigenvalue weighted by Gasteiger charge is -2.09. The molecule has 132 valence electrons. The summed E-state index contributed by atoms with van der Waals surface area (Å²) in [4.78, 5) is 22.5. The van der Waals surface area contributed by atoms with Crippen molar-refractivity contribution in [1.29, 1.82) is 0 Å². The Labute approximate surface area is 144 Å². The highest BCUT2D eigenvalue weighted by atomic mass is 16.5. The van der Waals surface area contributed by atoms with Gasteiger partial charge >= 0.3 is 5.97 Å². The summed E-state index contributed by atoms with van der Waals surface area (Å²) in [6.07, 6.45) is 1.01. The summed E-state index contributed by atoms with van der Waals surface area (Å²) in [5.41, 5.74) is 0.0508. The standard InChI is InChI=1S/C18H18O7/c1-23-17-10-13(4-7-16(17)21)24-8-2-3-18(22)25-14-5-6-15(20)12(9-14)11-19/h4-7,9-11,20-21H,2-3,8H2,1H3. The molecule has 2 N–H and O–H groups in total. The molecule has 0 saturated heterocycles. The van der Waals surface area contributed by atoms with Crippen LogP contribution in [0.15, 0.2) is 36.4 Å². The Morgan fingerprint density at radius 1 is 1.08 bits per heavy atom. The Hall–Kier alpha value is -3.22. The van der Waals surface area contributed by atoms with E-state index in [9.17, 15) is 19.8 Å². The predicted molar refractivity (Wildman–Crippen MR) is 88.5 cm³/mol. The topological polar surface area (TPSA) is 102 Å². The maximum atomic E-state index is 11.8. The monoisotopic (exact) mass is 346 g/mol. The lowest BCUT2D eigenvalue weighted by atomic mass is 10.2. The van der Waals surface area contributed by atoms with E-state index < -0.39 is 5.97 Å². The summed E-state index contributed by atoms with van der Waals surface area (Å²) in [6, 6.07) is 8.57. The van der Waals surface area contributed by atoms with Gasteiger partial charge in [-0.1, -0.05) is 0 Å². The number of phenolic OH excluding ortho intramolecular Hbond substituents is 2. The fraction of sp³-hybridized carbons (Fsp3) is 0.222. The quantitative estimate of drug-likeness (QED) is 0.328. The van der Waals surface area contributed by atoms with Crippen molar-refractivity contribution in [3.63, 3.8) is 0 Å². The van der Waals surface area contributed by atoms with Crippen LogP contribution in [-0.4, -0.2) is 36.2 Å². The van der Waals surface area contributed by atoms with Crippen LogP contribution < -0.4 is 14.2 Å². The first-order valence-electron chi connectivity index (χ1n) is 7.52. The number of rotatable bonds is 8. The molecule has 25 heavy (non-hydrogen) atoms. The molecular weight excluding hydrogens is 328 g/mol. The molecule has 0 fully saturated rings. The van der Waals surface area contributed by atoms with Crippen molar-refractivity contribution in [2.75, 3.05) is 13.7 Å². The lowest BCUT2D eigenvalue weighted by molar-refractivity contribution is -0.134. The molecule has 0 unspecified atom stereocenters. The van der Waals surface area contributed by atoms with Gasteiger partial charge in [-0.2, -0.15) is 0 Å². The van der Waals surface area contributed by atoms with Crippen molar-refractivity contribution in [3.05, 3.63) is 42.0 Å². The Kier molecular flexibility index (Phi) is 6.22. The third kappa shape index (κ3) is 5.13. The second-order valence-electron chi connectivity index (χ2n) is 5.10. The highest BCUT2D eigenvalue weighted by molar-refractivity contribution is 5.80. The van der Waals surface area contributed by atoms with Gasteiger partial charge in [-0.25, -0.2) is 0 Å². The molecule has 0 amide bonds. The molecule has 0 aromatic heterocycles. The van der Waals surface area contributed by atoms with Crippen molar-refractivity contribution in [2.45, 2.75) is 12.8 Å². The minimum atomic E-state index is -0.477. The number of benzene rings is 2. The Bertz CT molecular complexity index is 755. The van der Waals surface area contributed by atoms with E-state index in [2.05, 4.69) is 0 Å². The zero-order chi connectivity index (χ0) is 18.2. The van der Waals surface area contributed by atoms with Crippen LogP contribution in [-0.2, 0) is 4.79 Å². The number of hydrogen-bond donors (Lipinski definition) is 2. The lowest BCUT2D eigenvalue weighted by Crippen LogP contribution is -2.10. The smallest absolute Gasteiger partial charge is 0.311 e. The third-order valence-corrected chi connectivity index (χ3v) is 3.30. The summed E-state index contributed by atoms with van der Waals surface area (Å²) >= 11 is 0. The Morgan fingerprint density at radius 2 is 1.80 bits per heavy atom. The van der Waals surface area contributed by atoms with Gasteiger partial charge in [-0.3, -0.25) is 9.59 Å². The number of carbonyl (C=O) groups is 2.